The summed E-state index contributed by atoms with van der Waals surface area (Å²) in [6.45, 7) is 2.06. The zero-order chi connectivity index (χ0) is 22.7. The highest BCUT2D eigenvalue weighted by Gasteiger charge is 2.68. The molecule has 5 aliphatic rings. The average molecular weight is 442 g/mol. The highest BCUT2D eigenvalue weighted by molar-refractivity contribution is 6.09. The molecule has 2 aromatic rings. The highest BCUT2D eigenvalue weighted by Crippen LogP contribution is 2.65. The molecule has 5 nitrogen and oxygen atoms in total. The van der Waals surface area contributed by atoms with Crippen molar-refractivity contribution in [2.75, 3.05) is 0 Å². The summed E-state index contributed by atoms with van der Waals surface area (Å²) in [6, 6.07) is 15.9. The third-order valence-corrected chi connectivity index (χ3v) is 8.10. The second-order valence-corrected chi connectivity index (χ2v) is 9.83. The smallest absolute Gasteiger partial charge is 0.335 e. The van der Waals surface area contributed by atoms with E-state index in [4.69, 9.17) is 4.74 Å². The molecule has 33 heavy (non-hydrogen) atoms. The minimum Gasteiger partial charge on any atom is -0.425 e. The number of carbonyl (C=O) groups is 3. The fourth-order valence-corrected chi connectivity index (χ4v) is 6.38. The standard InChI is InChI=1S/C28H27NO4/c1-2-16-8-10-18(11-9-16)33-28(32)23(14-17-6-4-3-5-7-17)29-26(30)24-19-12-13-20(22-15-21(19)22)25(24)27(29)31/h3-13,19-25H,2,14-15H2,1H3/t19-,20-,21-,22+,23-,24-,25+/m0/s1. The third-order valence-electron chi connectivity index (χ3n) is 8.10. The molecular weight excluding hydrogens is 414 g/mol. The molecule has 0 spiro atoms. The molecule has 0 radical (unpaired) electrons. The molecule has 3 fully saturated rings. The molecule has 4 aliphatic carbocycles. The van der Waals surface area contributed by atoms with Gasteiger partial charge < -0.3 is 4.74 Å². The predicted molar refractivity (Wildman–Crippen MR) is 122 cm³/mol. The van der Waals surface area contributed by atoms with Crippen molar-refractivity contribution < 1.29 is 19.1 Å². The van der Waals surface area contributed by atoms with E-state index in [-0.39, 0.29) is 41.9 Å². The van der Waals surface area contributed by atoms with Crippen LogP contribution in [0, 0.1) is 35.5 Å². The van der Waals surface area contributed by atoms with E-state index < -0.39 is 12.0 Å². The van der Waals surface area contributed by atoms with Crippen molar-refractivity contribution >= 4 is 17.8 Å². The predicted octanol–water partition coefficient (Wildman–Crippen LogP) is 3.82. The molecule has 7 atom stereocenters. The molecule has 2 bridgehead atoms. The normalized spacial score (nSPS) is 31.8. The molecule has 1 aliphatic heterocycles. The van der Waals surface area contributed by atoms with Gasteiger partial charge in [0.25, 0.3) is 0 Å². The molecule has 2 amide bonds. The fourth-order valence-electron chi connectivity index (χ4n) is 6.38. The third kappa shape index (κ3) is 3.25. The van der Waals surface area contributed by atoms with Gasteiger partial charge in [0.05, 0.1) is 11.8 Å². The van der Waals surface area contributed by atoms with Gasteiger partial charge in [-0.3, -0.25) is 14.5 Å². The SMILES string of the molecule is CCc1ccc(OC(=O)[C@H](Cc2ccccc2)N2C(=O)[C@@H]3[C@H]4C=C[C@@H]([C@@H]5C[C@H]45)[C@@H]3C2=O)cc1. The summed E-state index contributed by atoms with van der Waals surface area (Å²) in [7, 11) is 0. The average Bonchev–Trinajstić information content (AvgIpc) is 3.62. The number of likely N-dealkylation sites (tertiary alicyclic amines) is 1. The summed E-state index contributed by atoms with van der Waals surface area (Å²) in [5.74, 6) is 0.107. The van der Waals surface area contributed by atoms with Crippen LogP contribution in [0.25, 0.3) is 0 Å². The van der Waals surface area contributed by atoms with Gasteiger partial charge >= 0.3 is 5.97 Å². The summed E-state index contributed by atoms with van der Waals surface area (Å²) in [4.78, 5) is 42.0. The molecule has 0 unspecified atom stereocenters. The maximum absolute atomic E-state index is 13.6. The number of carbonyl (C=O) groups excluding carboxylic acids is 3. The molecule has 1 saturated heterocycles. The van der Waals surface area contributed by atoms with Gasteiger partial charge in [-0.2, -0.15) is 0 Å². The lowest BCUT2D eigenvalue weighted by Gasteiger charge is -2.37. The lowest BCUT2D eigenvalue weighted by Crippen LogP contribution is -2.48. The number of ether oxygens (including phenoxy) is 1. The van der Waals surface area contributed by atoms with Gasteiger partial charge in [0.1, 0.15) is 11.8 Å². The van der Waals surface area contributed by atoms with Crippen LogP contribution in [-0.4, -0.2) is 28.7 Å². The summed E-state index contributed by atoms with van der Waals surface area (Å²) in [5, 5.41) is 0. The Labute approximate surface area is 193 Å². The van der Waals surface area contributed by atoms with Gasteiger partial charge in [-0.15, -0.1) is 0 Å². The Morgan fingerprint density at radius 3 is 2.09 bits per heavy atom. The quantitative estimate of drug-likeness (QED) is 0.296. The Hall–Kier alpha value is -3.21. The van der Waals surface area contributed by atoms with Crippen LogP contribution >= 0.6 is 0 Å². The molecule has 7 rings (SSSR count). The highest BCUT2D eigenvalue weighted by atomic mass is 16.5. The summed E-state index contributed by atoms with van der Waals surface area (Å²) in [5.41, 5.74) is 2.03. The Morgan fingerprint density at radius 1 is 0.909 bits per heavy atom. The van der Waals surface area contributed by atoms with E-state index in [1.54, 1.807) is 12.1 Å². The number of benzene rings is 2. The summed E-state index contributed by atoms with van der Waals surface area (Å²) < 4.78 is 5.71. The minimum absolute atomic E-state index is 0.126. The van der Waals surface area contributed by atoms with Crippen molar-refractivity contribution in [3.05, 3.63) is 77.9 Å². The Morgan fingerprint density at radius 2 is 1.52 bits per heavy atom. The van der Waals surface area contributed by atoms with Crippen molar-refractivity contribution in [2.45, 2.75) is 32.2 Å². The van der Waals surface area contributed by atoms with Crippen LogP contribution in [0.4, 0.5) is 0 Å². The first-order valence-corrected chi connectivity index (χ1v) is 12.0. The zero-order valence-corrected chi connectivity index (χ0v) is 18.6. The molecule has 0 aromatic heterocycles. The van der Waals surface area contributed by atoms with Crippen molar-refractivity contribution in [1.82, 2.24) is 4.90 Å². The van der Waals surface area contributed by atoms with Crippen LogP contribution in [0.2, 0.25) is 0 Å². The number of nitrogens with zero attached hydrogens (tertiary/aromatic N) is 1. The van der Waals surface area contributed by atoms with Crippen molar-refractivity contribution in [2.24, 2.45) is 35.5 Å². The van der Waals surface area contributed by atoms with Crippen LogP contribution in [0.1, 0.15) is 24.5 Å². The van der Waals surface area contributed by atoms with Crippen LogP contribution in [-0.2, 0) is 27.2 Å². The van der Waals surface area contributed by atoms with Crippen LogP contribution in [0.3, 0.4) is 0 Å². The Kier molecular flexibility index (Phi) is 4.75. The molecule has 168 valence electrons. The van der Waals surface area contributed by atoms with Gasteiger partial charge in [0.2, 0.25) is 11.8 Å². The maximum Gasteiger partial charge on any atom is 0.335 e. The van der Waals surface area contributed by atoms with E-state index in [1.807, 2.05) is 42.5 Å². The van der Waals surface area contributed by atoms with Gasteiger partial charge in [0.15, 0.2) is 0 Å². The fraction of sp³-hybridized carbons (Fsp3) is 0.393. The number of amides is 2. The number of hydrogen-bond acceptors (Lipinski definition) is 4. The monoisotopic (exact) mass is 441 g/mol. The maximum atomic E-state index is 13.6. The molecular formula is C28H27NO4. The number of hydrogen-bond donors (Lipinski definition) is 0. The Bertz CT molecular complexity index is 1100. The zero-order valence-electron chi connectivity index (χ0n) is 18.6. The first kappa shape index (κ1) is 20.4. The second-order valence-electron chi connectivity index (χ2n) is 9.83. The van der Waals surface area contributed by atoms with E-state index in [1.165, 1.54) is 4.90 Å². The summed E-state index contributed by atoms with van der Waals surface area (Å²) >= 11 is 0. The second kappa shape index (κ2) is 7.68. The number of aryl methyl sites for hydroxylation is 1. The van der Waals surface area contributed by atoms with E-state index in [9.17, 15) is 14.4 Å². The molecule has 2 saturated carbocycles. The van der Waals surface area contributed by atoms with Crippen LogP contribution in [0.5, 0.6) is 5.75 Å². The molecule has 0 N–H and O–H groups in total. The van der Waals surface area contributed by atoms with Crippen LogP contribution in [0.15, 0.2) is 66.7 Å². The molecule has 1 heterocycles. The van der Waals surface area contributed by atoms with Gasteiger partial charge in [0, 0.05) is 6.42 Å². The van der Waals surface area contributed by atoms with Gasteiger partial charge in [-0.1, -0.05) is 61.5 Å². The van der Waals surface area contributed by atoms with Crippen LogP contribution < -0.4 is 4.74 Å². The van der Waals surface area contributed by atoms with Crippen molar-refractivity contribution in [3.63, 3.8) is 0 Å². The summed E-state index contributed by atoms with van der Waals surface area (Å²) in [6.07, 6.45) is 6.55. The minimum atomic E-state index is -0.973. The largest absolute Gasteiger partial charge is 0.425 e. The first-order chi connectivity index (χ1) is 16.1. The van der Waals surface area contributed by atoms with E-state index in [0.717, 1.165) is 24.0 Å². The number of rotatable bonds is 6. The van der Waals surface area contributed by atoms with E-state index >= 15 is 0 Å². The lowest BCUT2D eigenvalue weighted by atomic mass is 9.63. The molecule has 2 aromatic carbocycles. The van der Waals surface area contributed by atoms with Gasteiger partial charge in [-0.05, 0) is 59.8 Å². The number of imide groups is 1. The Balaban J connectivity index is 1.31. The topological polar surface area (TPSA) is 63.7 Å². The van der Waals surface area contributed by atoms with E-state index in [2.05, 4.69) is 19.1 Å². The van der Waals surface area contributed by atoms with Crippen molar-refractivity contribution in [1.29, 1.82) is 0 Å². The van der Waals surface area contributed by atoms with Crippen molar-refractivity contribution in [3.8, 4) is 5.75 Å². The van der Waals surface area contributed by atoms with Gasteiger partial charge in [-0.25, -0.2) is 4.79 Å². The number of esters is 1. The first-order valence-electron chi connectivity index (χ1n) is 12.0. The molecule has 5 heteroatoms. The van der Waals surface area contributed by atoms with E-state index in [0.29, 0.717) is 17.6 Å². The number of allylic oxidation sites excluding steroid dienone is 2. The lowest BCUT2D eigenvalue weighted by molar-refractivity contribution is -0.153.